The number of urea groups is 1. The number of carbonyl (C=O) groups is 2. The van der Waals surface area contributed by atoms with Gasteiger partial charge in [0, 0.05) is 7.05 Å². The second-order valence-electron chi connectivity index (χ2n) is 6.86. The smallest absolute Gasteiger partial charge is 0.338 e. The summed E-state index contributed by atoms with van der Waals surface area (Å²) in [6.07, 6.45) is 0. The van der Waals surface area contributed by atoms with E-state index in [9.17, 15) is 9.59 Å². The standard InChI is InChI=1S/C23H25ClN2O6/c1-5-31-22(27)20-16(13-32-17-9-7-6-8-15(17)24)26(2)23(28)25-21(20)14-10-11-18(29-3)19(12-14)30-4/h6-12,21H,5,13H2,1-4H3,(H,25,28). The van der Waals surface area contributed by atoms with Gasteiger partial charge >= 0.3 is 12.0 Å². The monoisotopic (exact) mass is 460 g/mol. The first-order valence-electron chi connectivity index (χ1n) is 9.94. The maximum Gasteiger partial charge on any atom is 0.338 e. The molecule has 0 spiro atoms. The average molecular weight is 461 g/mol. The third kappa shape index (κ3) is 4.75. The van der Waals surface area contributed by atoms with Crippen molar-refractivity contribution in [3.8, 4) is 17.2 Å². The van der Waals surface area contributed by atoms with Crippen LogP contribution >= 0.6 is 11.6 Å². The molecule has 1 aliphatic heterocycles. The van der Waals surface area contributed by atoms with Crippen LogP contribution < -0.4 is 19.5 Å². The molecule has 2 amide bonds. The lowest BCUT2D eigenvalue weighted by atomic mass is 9.94. The molecule has 2 aromatic rings. The van der Waals surface area contributed by atoms with Crippen molar-refractivity contribution >= 4 is 23.6 Å². The molecule has 1 unspecified atom stereocenters. The van der Waals surface area contributed by atoms with Crippen molar-refractivity contribution in [3.63, 3.8) is 0 Å². The van der Waals surface area contributed by atoms with E-state index in [2.05, 4.69) is 5.32 Å². The van der Waals surface area contributed by atoms with Crippen LogP contribution in [0.25, 0.3) is 0 Å². The van der Waals surface area contributed by atoms with Crippen molar-refractivity contribution in [3.05, 3.63) is 64.3 Å². The highest BCUT2D eigenvalue weighted by Gasteiger charge is 2.37. The zero-order valence-electron chi connectivity index (χ0n) is 18.3. The van der Waals surface area contributed by atoms with E-state index in [1.807, 2.05) is 0 Å². The Morgan fingerprint density at radius 2 is 1.81 bits per heavy atom. The van der Waals surface area contributed by atoms with Crippen LogP contribution in [0.3, 0.4) is 0 Å². The van der Waals surface area contributed by atoms with Crippen LogP contribution in [0.2, 0.25) is 5.02 Å². The van der Waals surface area contributed by atoms with E-state index >= 15 is 0 Å². The Labute approximate surface area is 191 Å². The summed E-state index contributed by atoms with van der Waals surface area (Å²) in [5.74, 6) is 0.874. The summed E-state index contributed by atoms with van der Waals surface area (Å²) < 4.78 is 21.8. The predicted molar refractivity (Wildman–Crippen MR) is 119 cm³/mol. The number of likely N-dealkylation sites (N-methyl/N-ethyl adjacent to an activating group) is 1. The molecule has 0 saturated carbocycles. The number of benzene rings is 2. The normalized spacial score (nSPS) is 15.8. The topological polar surface area (TPSA) is 86.3 Å². The second-order valence-corrected chi connectivity index (χ2v) is 7.26. The van der Waals surface area contributed by atoms with Crippen molar-refractivity contribution in [2.75, 3.05) is 34.5 Å². The quantitative estimate of drug-likeness (QED) is 0.600. The van der Waals surface area contributed by atoms with Crippen molar-refractivity contribution in [1.29, 1.82) is 0 Å². The Hall–Kier alpha value is -3.39. The number of methoxy groups -OCH3 is 2. The third-order valence-electron chi connectivity index (χ3n) is 5.01. The molecule has 8 nitrogen and oxygen atoms in total. The number of hydrogen-bond acceptors (Lipinski definition) is 6. The molecule has 0 aromatic heterocycles. The highest BCUT2D eigenvalue weighted by molar-refractivity contribution is 6.32. The molecule has 1 N–H and O–H groups in total. The highest BCUT2D eigenvalue weighted by Crippen LogP contribution is 2.36. The van der Waals surface area contributed by atoms with Gasteiger partial charge in [0.25, 0.3) is 0 Å². The molecule has 2 aromatic carbocycles. The molecule has 0 fully saturated rings. The van der Waals surface area contributed by atoms with Gasteiger partial charge in [0.05, 0.1) is 43.2 Å². The zero-order chi connectivity index (χ0) is 23.3. The molecular formula is C23H25ClN2O6. The average Bonchev–Trinajstić information content (AvgIpc) is 2.80. The summed E-state index contributed by atoms with van der Waals surface area (Å²) in [6.45, 7) is 1.83. The molecule has 0 radical (unpaired) electrons. The van der Waals surface area contributed by atoms with Crippen molar-refractivity contribution in [1.82, 2.24) is 10.2 Å². The van der Waals surface area contributed by atoms with E-state index in [1.165, 1.54) is 19.1 Å². The fourth-order valence-corrected chi connectivity index (χ4v) is 3.56. The second kappa shape index (κ2) is 10.3. The van der Waals surface area contributed by atoms with Gasteiger partial charge in [-0.3, -0.25) is 4.90 Å². The third-order valence-corrected chi connectivity index (χ3v) is 5.33. The first kappa shape index (κ1) is 23.3. The van der Waals surface area contributed by atoms with Crippen LogP contribution in [0.1, 0.15) is 18.5 Å². The first-order chi connectivity index (χ1) is 15.4. The number of halogens is 1. The number of carbonyl (C=O) groups excluding carboxylic acids is 2. The van der Waals surface area contributed by atoms with Gasteiger partial charge in [-0.05, 0) is 36.8 Å². The Balaban J connectivity index is 2.08. The fraction of sp³-hybridized carbons (Fsp3) is 0.304. The molecule has 3 rings (SSSR count). The zero-order valence-corrected chi connectivity index (χ0v) is 19.1. The summed E-state index contributed by atoms with van der Waals surface area (Å²) in [5.41, 5.74) is 1.25. The SMILES string of the molecule is CCOC(=O)C1=C(COc2ccccc2Cl)N(C)C(=O)NC1c1ccc(OC)c(OC)c1. The minimum atomic E-state index is -0.776. The number of para-hydroxylation sites is 1. The summed E-state index contributed by atoms with van der Waals surface area (Å²) >= 11 is 6.19. The number of amides is 2. The molecule has 32 heavy (non-hydrogen) atoms. The van der Waals surface area contributed by atoms with E-state index in [0.29, 0.717) is 33.5 Å². The van der Waals surface area contributed by atoms with Gasteiger partial charge in [-0.15, -0.1) is 0 Å². The summed E-state index contributed by atoms with van der Waals surface area (Å²) in [6, 6.07) is 11.0. The Kier molecular flexibility index (Phi) is 7.48. The van der Waals surface area contributed by atoms with Gasteiger partial charge in [-0.25, -0.2) is 9.59 Å². The van der Waals surface area contributed by atoms with E-state index in [4.69, 9.17) is 30.5 Å². The number of nitrogens with zero attached hydrogens (tertiary/aromatic N) is 1. The number of rotatable bonds is 8. The summed E-state index contributed by atoms with van der Waals surface area (Å²) in [4.78, 5) is 27.1. The fourth-order valence-electron chi connectivity index (χ4n) is 3.37. The molecule has 0 saturated heterocycles. The van der Waals surface area contributed by atoms with Crippen molar-refractivity contribution in [2.45, 2.75) is 13.0 Å². The highest BCUT2D eigenvalue weighted by atomic mass is 35.5. The van der Waals surface area contributed by atoms with Crippen LogP contribution in [0.5, 0.6) is 17.2 Å². The molecule has 0 aliphatic carbocycles. The van der Waals surface area contributed by atoms with Gasteiger partial charge in [-0.2, -0.15) is 0 Å². The number of nitrogens with one attached hydrogen (secondary N) is 1. The minimum absolute atomic E-state index is 0.0639. The summed E-state index contributed by atoms with van der Waals surface area (Å²) in [5, 5.41) is 3.27. The molecular weight excluding hydrogens is 436 g/mol. The van der Waals surface area contributed by atoms with Crippen LogP contribution in [0, 0.1) is 0 Å². The lowest BCUT2D eigenvalue weighted by Crippen LogP contribution is -2.48. The van der Waals surface area contributed by atoms with Crippen LogP contribution in [0.4, 0.5) is 4.79 Å². The predicted octanol–water partition coefficient (Wildman–Crippen LogP) is 3.95. The van der Waals surface area contributed by atoms with Crippen molar-refractivity contribution < 1.29 is 28.5 Å². The van der Waals surface area contributed by atoms with Gasteiger partial charge in [0.2, 0.25) is 0 Å². The molecule has 1 heterocycles. The Morgan fingerprint density at radius 3 is 2.47 bits per heavy atom. The molecule has 1 aliphatic rings. The lowest BCUT2D eigenvalue weighted by Gasteiger charge is -2.34. The maximum absolute atomic E-state index is 13.0. The summed E-state index contributed by atoms with van der Waals surface area (Å²) in [7, 11) is 4.60. The molecule has 1 atom stereocenters. The van der Waals surface area contributed by atoms with E-state index in [0.717, 1.165) is 0 Å². The molecule has 0 bridgehead atoms. The number of ether oxygens (including phenoxy) is 4. The lowest BCUT2D eigenvalue weighted by molar-refractivity contribution is -0.139. The Morgan fingerprint density at radius 1 is 1.09 bits per heavy atom. The number of esters is 1. The van der Waals surface area contributed by atoms with Gasteiger partial charge in [0.15, 0.2) is 11.5 Å². The van der Waals surface area contributed by atoms with E-state index in [-0.39, 0.29) is 18.8 Å². The van der Waals surface area contributed by atoms with Crippen LogP contribution in [-0.4, -0.2) is 51.4 Å². The first-order valence-corrected chi connectivity index (χ1v) is 10.3. The minimum Gasteiger partial charge on any atom is -0.493 e. The van der Waals surface area contributed by atoms with E-state index in [1.54, 1.807) is 56.4 Å². The van der Waals surface area contributed by atoms with Crippen LogP contribution in [-0.2, 0) is 9.53 Å². The largest absolute Gasteiger partial charge is 0.493 e. The Bertz CT molecular complexity index is 1040. The van der Waals surface area contributed by atoms with E-state index < -0.39 is 18.0 Å². The van der Waals surface area contributed by atoms with Crippen LogP contribution in [0.15, 0.2) is 53.7 Å². The maximum atomic E-state index is 13.0. The van der Waals surface area contributed by atoms with Gasteiger partial charge in [0.1, 0.15) is 12.4 Å². The van der Waals surface area contributed by atoms with Crippen molar-refractivity contribution in [2.24, 2.45) is 0 Å². The van der Waals surface area contributed by atoms with Gasteiger partial charge < -0.3 is 24.3 Å². The molecule has 9 heteroatoms. The van der Waals surface area contributed by atoms with Gasteiger partial charge in [-0.1, -0.05) is 29.8 Å². The number of hydrogen-bond donors (Lipinski definition) is 1. The molecule has 170 valence electrons.